The normalized spacial score (nSPS) is 10.6. The van der Waals surface area contributed by atoms with Gasteiger partial charge in [-0.25, -0.2) is 4.98 Å². The second-order valence-electron chi connectivity index (χ2n) is 4.36. The molecule has 2 aromatic carbocycles. The van der Waals surface area contributed by atoms with E-state index in [0.29, 0.717) is 5.02 Å². The molecule has 1 aromatic heterocycles. The standard InChI is InChI=1S/C15H13ClN2O2S/c1-19-11-6-10(7-12(8-11)20-2)17-15-18-13-4-3-9(16)5-14(13)21-15/h3-8H,1-2H3,(H,17,18). The van der Waals surface area contributed by atoms with E-state index in [0.717, 1.165) is 32.5 Å². The molecule has 108 valence electrons. The molecule has 1 heterocycles. The fourth-order valence-electron chi connectivity index (χ4n) is 1.96. The van der Waals surface area contributed by atoms with Gasteiger partial charge in [-0.2, -0.15) is 0 Å². The number of benzene rings is 2. The van der Waals surface area contributed by atoms with Gasteiger partial charge < -0.3 is 14.8 Å². The molecule has 0 unspecified atom stereocenters. The highest BCUT2D eigenvalue weighted by Crippen LogP contribution is 2.32. The van der Waals surface area contributed by atoms with Crippen molar-refractivity contribution >= 4 is 44.0 Å². The van der Waals surface area contributed by atoms with Gasteiger partial charge in [-0.05, 0) is 18.2 Å². The Labute approximate surface area is 131 Å². The van der Waals surface area contributed by atoms with Crippen LogP contribution in [0.1, 0.15) is 0 Å². The van der Waals surface area contributed by atoms with E-state index in [9.17, 15) is 0 Å². The summed E-state index contributed by atoms with van der Waals surface area (Å²) in [4.78, 5) is 4.53. The third-order valence-electron chi connectivity index (χ3n) is 2.95. The lowest BCUT2D eigenvalue weighted by atomic mass is 10.3. The molecule has 1 N–H and O–H groups in total. The number of nitrogens with zero attached hydrogens (tertiary/aromatic N) is 1. The molecule has 0 fully saturated rings. The molecule has 0 bridgehead atoms. The van der Waals surface area contributed by atoms with Crippen LogP contribution in [-0.2, 0) is 0 Å². The van der Waals surface area contributed by atoms with Crippen LogP contribution in [0.5, 0.6) is 11.5 Å². The zero-order chi connectivity index (χ0) is 14.8. The number of anilines is 2. The molecule has 0 saturated heterocycles. The summed E-state index contributed by atoms with van der Waals surface area (Å²) in [7, 11) is 3.25. The maximum atomic E-state index is 5.99. The zero-order valence-corrected chi connectivity index (χ0v) is 13.1. The SMILES string of the molecule is COc1cc(Nc2nc3ccc(Cl)cc3s2)cc(OC)c1. The van der Waals surface area contributed by atoms with Crippen LogP contribution in [0.3, 0.4) is 0 Å². The molecule has 6 heteroatoms. The summed E-state index contributed by atoms with van der Waals surface area (Å²) < 4.78 is 11.6. The van der Waals surface area contributed by atoms with Crippen LogP contribution in [-0.4, -0.2) is 19.2 Å². The van der Waals surface area contributed by atoms with Crippen molar-refractivity contribution in [2.45, 2.75) is 0 Å². The van der Waals surface area contributed by atoms with E-state index < -0.39 is 0 Å². The number of halogens is 1. The predicted molar refractivity (Wildman–Crippen MR) is 87.5 cm³/mol. The molecular formula is C15H13ClN2O2S. The molecule has 3 aromatic rings. The molecule has 0 atom stereocenters. The molecule has 3 rings (SSSR count). The predicted octanol–water partition coefficient (Wildman–Crippen LogP) is 4.71. The molecule has 21 heavy (non-hydrogen) atoms. The lowest BCUT2D eigenvalue weighted by molar-refractivity contribution is 0.395. The molecule has 0 saturated carbocycles. The molecule has 0 aliphatic heterocycles. The fraction of sp³-hybridized carbons (Fsp3) is 0.133. The number of hydrogen-bond acceptors (Lipinski definition) is 5. The van der Waals surface area contributed by atoms with Crippen molar-refractivity contribution in [2.24, 2.45) is 0 Å². The van der Waals surface area contributed by atoms with Gasteiger partial charge in [0.25, 0.3) is 0 Å². The minimum Gasteiger partial charge on any atom is -0.497 e. The Kier molecular flexibility index (Phi) is 3.86. The molecule has 4 nitrogen and oxygen atoms in total. The number of hydrogen-bond donors (Lipinski definition) is 1. The minimum atomic E-state index is 0.709. The smallest absolute Gasteiger partial charge is 0.188 e. The van der Waals surface area contributed by atoms with Crippen molar-refractivity contribution < 1.29 is 9.47 Å². The number of aromatic nitrogens is 1. The van der Waals surface area contributed by atoms with Gasteiger partial charge in [-0.3, -0.25) is 0 Å². The Morgan fingerprint density at radius 1 is 1.05 bits per heavy atom. The highest BCUT2D eigenvalue weighted by Gasteiger charge is 2.07. The van der Waals surface area contributed by atoms with E-state index in [1.54, 1.807) is 25.6 Å². The van der Waals surface area contributed by atoms with Gasteiger partial charge in [0, 0.05) is 28.9 Å². The quantitative estimate of drug-likeness (QED) is 0.756. The number of fused-ring (bicyclic) bond motifs is 1. The molecule has 0 radical (unpaired) electrons. The van der Waals surface area contributed by atoms with Crippen molar-refractivity contribution in [2.75, 3.05) is 19.5 Å². The highest BCUT2D eigenvalue weighted by atomic mass is 35.5. The third-order valence-corrected chi connectivity index (χ3v) is 4.12. The molecule has 0 aliphatic rings. The van der Waals surface area contributed by atoms with Crippen LogP contribution in [0.15, 0.2) is 36.4 Å². The number of thiazole rings is 1. The van der Waals surface area contributed by atoms with Crippen molar-refractivity contribution in [1.82, 2.24) is 4.98 Å². The van der Waals surface area contributed by atoms with Crippen molar-refractivity contribution in [3.63, 3.8) is 0 Å². The summed E-state index contributed by atoms with van der Waals surface area (Å²) in [6.07, 6.45) is 0. The van der Waals surface area contributed by atoms with Crippen molar-refractivity contribution in [1.29, 1.82) is 0 Å². The topological polar surface area (TPSA) is 43.4 Å². The number of ether oxygens (including phenoxy) is 2. The number of nitrogens with one attached hydrogen (secondary N) is 1. The monoisotopic (exact) mass is 320 g/mol. The van der Waals surface area contributed by atoms with Gasteiger partial charge in [0.1, 0.15) is 11.5 Å². The average Bonchev–Trinajstić information content (AvgIpc) is 2.87. The number of rotatable bonds is 4. The average molecular weight is 321 g/mol. The lowest BCUT2D eigenvalue weighted by Gasteiger charge is -2.08. The summed E-state index contributed by atoms with van der Waals surface area (Å²) in [6, 6.07) is 11.3. The van der Waals surface area contributed by atoms with E-state index in [1.807, 2.05) is 36.4 Å². The van der Waals surface area contributed by atoms with Crippen LogP contribution >= 0.6 is 22.9 Å². The summed E-state index contributed by atoms with van der Waals surface area (Å²) in [5.41, 5.74) is 1.78. The van der Waals surface area contributed by atoms with Gasteiger partial charge in [0.15, 0.2) is 5.13 Å². The Morgan fingerprint density at radius 2 is 1.76 bits per heavy atom. The summed E-state index contributed by atoms with van der Waals surface area (Å²) in [6.45, 7) is 0. The first-order valence-electron chi connectivity index (χ1n) is 6.24. The van der Waals surface area contributed by atoms with Gasteiger partial charge in [0.2, 0.25) is 0 Å². The van der Waals surface area contributed by atoms with Crippen molar-refractivity contribution in [3.8, 4) is 11.5 Å². The Bertz CT molecular complexity index is 766. The molecule has 0 spiro atoms. The van der Waals surface area contributed by atoms with Crippen LogP contribution in [0.25, 0.3) is 10.2 Å². The van der Waals surface area contributed by atoms with Gasteiger partial charge in [0.05, 0.1) is 24.4 Å². The van der Waals surface area contributed by atoms with Crippen molar-refractivity contribution in [3.05, 3.63) is 41.4 Å². The first-order chi connectivity index (χ1) is 10.2. The van der Waals surface area contributed by atoms with Gasteiger partial charge in [-0.1, -0.05) is 22.9 Å². The maximum absolute atomic E-state index is 5.99. The highest BCUT2D eigenvalue weighted by molar-refractivity contribution is 7.22. The van der Waals surface area contributed by atoms with E-state index in [2.05, 4.69) is 10.3 Å². The van der Waals surface area contributed by atoms with Crippen LogP contribution < -0.4 is 14.8 Å². The van der Waals surface area contributed by atoms with Gasteiger partial charge in [-0.15, -0.1) is 0 Å². The van der Waals surface area contributed by atoms with E-state index in [4.69, 9.17) is 21.1 Å². The zero-order valence-electron chi connectivity index (χ0n) is 11.5. The van der Waals surface area contributed by atoms with Crippen LogP contribution in [0.2, 0.25) is 5.02 Å². The van der Waals surface area contributed by atoms with E-state index in [1.165, 1.54) is 0 Å². The summed E-state index contributed by atoms with van der Waals surface area (Å²) in [5, 5.41) is 4.77. The first kappa shape index (κ1) is 14.0. The minimum absolute atomic E-state index is 0.709. The second-order valence-corrected chi connectivity index (χ2v) is 5.82. The van der Waals surface area contributed by atoms with E-state index in [-0.39, 0.29) is 0 Å². The van der Waals surface area contributed by atoms with E-state index >= 15 is 0 Å². The van der Waals surface area contributed by atoms with Gasteiger partial charge >= 0.3 is 0 Å². The van der Waals surface area contributed by atoms with Crippen LogP contribution in [0, 0.1) is 0 Å². The van der Waals surface area contributed by atoms with Crippen LogP contribution in [0.4, 0.5) is 10.8 Å². The second kappa shape index (κ2) is 5.79. The number of methoxy groups -OCH3 is 2. The first-order valence-corrected chi connectivity index (χ1v) is 7.43. The molecule has 0 aliphatic carbocycles. The largest absolute Gasteiger partial charge is 0.497 e. The Morgan fingerprint density at radius 3 is 2.43 bits per heavy atom. The molecular weight excluding hydrogens is 308 g/mol. The summed E-state index contributed by atoms with van der Waals surface area (Å²) >= 11 is 7.54. The Balaban J connectivity index is 1.94. The maximum Gasteiger partial charge on any atom is 0.188 e. The fourth-order valence-corrected chi connectivity index (χ4v) is 3.12. The summed E-state index contributed by atoms with van der Waals surface area (Å²) in [5.74, 6) is 1.45. The molecule has 0 amide bonds. The third kappa shape index (κ3) is 3.04. The lowest BCUT2D eigenvalue weighted by Crippen LogP contribution is -1.93. The Hall–Kier alpha value is -1.98.